The molecule has 0 radical (unpaired) electrons. The summed E-state index contributed by atoms with van der Waals surface area (Å²) in [6, 6.07) is 2.77. The number of nitrogens with one attached hydrogen (secondary N) is 1. The predicted octanol–water partition coefficient (Wildman–Crippen LogP) is 0.245. The molecule has 4 rings (SSSR count). The molecule has 3 atom stereocenters. The first-order valence-corrected chi connectivity index (χ1v) is 12.6. The number of halogens is 3. The van der Waals surface area contributed by atoms with Crippen LogP contribution in [0.15, 0.2) is 18.2 Å². The Kier molecular flexibility index (Phi) is 8.21. The largest absolute Gasteiger partial charge is 0.393 e. The van der Waals surface area contributed by atoms with Crippen LogP contribution < -0.4 is 11.1 Å². The first kappa shape index (κ1) is 27.8. The lowest BCUT2D eigenvalue weighted by Gasteiger charge is -2.33. The lowest BCUT2D eigenvalue weighted by molar-refractivity contribution is -0.171. The average Bonchev–Trinajstić information content (AvgIpc) is 3.50. The number of likely N-dealkylation sites (N-methyl/N-ethyl adjacent to an activating group) is 1. The van der Waals surface area contributed by atoms with Crippen molar-refractivity contribution in [1.29, 1.82) is 0 Å². The number of nitrogens with zero attached hydrogens (tertiary/aromatic N) is 6. The van der Waals surface area contributed by atoms with Crippen molar-refractivity contribution in [2.75, 3.05) is 39.8 Å². The Hall–Kier alpha value is -3.26. The molecule has 2 aliphatic heterocycles. The normalized spacial score (nSPS) is 21.6. The van der Waals surface area contributed by atoms with E-state index in [2.05, 4.69) is 20.5 Å². The van der Waals surface area contributed by atoms with Crippen LogP contribution in [0.5, 0.6) is 0 Å². The lowest BCUT2D eigenvalue weighted by Crippen LogP contribution is -2.51. The molecule has 2 aromatic rings. The van der Waals surface area contributed by atoms with Crippen molar-refractivity contribution in [3.63, 3.8) is 0 Å². The fraction of sp³-hybridized carbons (Fsp3) is 0.625. The molecule has 1 aromatic carbocycles. The van der Waals surface area contributed by atoms with Gasteiger partial charge in [-0.05, 0) is 37.6 Å². The van der Waals surface area contributed by atoms with Gasteiger partial charge in [0.15, 0.2) is 0 Å². The maximum atomic E-state index is 13.6. The molecule has 0 aliphatic carbocycles. The number of amides is 3. The van der Waals surface area contributed by atoms with Crippen LogP contribution in [0.1, 0.15) is 24.8 Å². The molecule has 0 spiro atoms. The Balaban J connectivity index is 1.38. The van der Waals surface area contributed by atoms with Crippen LogP contribution in [0.25, 0.3) is 11.0 Å². The molecule has 11 nitrogen and oxygen atoms in total. The quantitative estimate of drug-likeness (QED) is 0.517. The highest BCUT2D eigenvalue weighted by atomic mass is 19.4. The number of hydrogen-bond donors (Lipinski definition) is 2. The summed E-state index contributed by atoms with van der Waals surface area (Å²) in [7, 11) is 3.70. The highest BCUT2D eigenvalue weighted by Crippen LogP contribution is 2.37. The summed E-state index contributed by atoms with van der Waals surface area (Å²) >= 11 is 0. The first-order chi connectivity index (χ1) is 17.9. The van der Waals surface area contributed by atoms with Gasteiger partial charge in [-0.3, -0.25) is 14.4 Å². The summed E-state index contributed by atoms with van der Waals surface area (Å²) in [5.74, 6) is -3.43. The molecular formula is C24H33F3N8O3. The summed E-state index contributed by atoms with van der Waals surface area (Å²) in [5, 5.41) is 10.6. The number of rotatable bonds is 7. The zero-order chi connectivity index (χ0) is 27.6. The summed E-state index contributed by atoms with van der Waals surface area (Å²) < 4.78 is 42.3. The van der Waals surface area contributed by atoms with E-state index < -0.39 is 49.0 Å². The van der Waals surface area contributed by atoms with Crippen LogP contribution >= 0.6 is 0 Å². The van der Waals surface area contributed by atoms with E-state index in [-0.39, 0.29) is 25.3 Å². The van der Waals surface area contributed by atoms with Gasteiger partial charge in [-0.15, -0.1) is 5.10 Å². The van der Waals surface area contributed by atoms with Crippen molar-refractivity contribution in [3.05, 3.63) is 23.8 Å². The van der Waals surface area contributed by atoms with Crippen LogP contribution in [0.2, 0.25) is 0 Å². The molecule has 0 bridgehead atoms. The van der Waals surface area contributed by atoms with E-state index >= 15 is 0 Å². The van der Waals surface area contributed by atoms with E-state index in [1.807, 2.05) is 7.05 Å². The molecule has 2 aliphatic rings. The molecule has 0 saturated carbocycles. The Labute approximate surface area is 218 Å². The van der Waals surface area contributed by atoms with Crippen molar-refractivity contribution in [1.82, 2.24) is 35.0 Å². The minimum atomic E-state index is -4.56. The maximum Gasteiger partial charge on any atom is 0.393 e. The number of carbonyl (C=O) groups excluding carboxylic acids is 3. The summed E-state index contributed by atoms with van der Waals surface area (Å²) in [5.41, 5.74) is 8.13. The van der Waals surface area contributed by atoms with Gasteiger partial charge in [0.1, 0.15) is 11.6 Å². The van der Waals surface area contributed by atoms with E-state index in [0.717, 1.165) is 23.5 Å². The summed E-state index contributed by atoms with van der Waals surface area (Å²) in [4.78, 5) is 43.3. The third-order valence-corrected chi connectivity index (χ3v) is 7.33. The Bertz CT molecular complexity index is 1180. The van der Waals surface area contributed by atoms with Gasteiger partial charge in [0.2, 0.25) is 17.7 Å². The number of piperazine rings is 1. The van der Waals surface area contributed by atoms with Crippen molar-refractivity contribution >= 4 is 28.8 Å². The molecule has 14 heteroatoms. The molecule has 1 aromatic heterocycles. The Morgan fingerprint density at radius 3 is 2.55 bits per heavy atom. The first-order valence-electron chi connectivity index (χ1n) is 12.6. The molecule has 3 heterocycles. The monoisotopic (exact) mass is 538 g/mol. The predicted molar refractivity (Wildman–Crippen MR) is 131 cm³/mol. The zero-order valence-electron chi connectivity index (χ0n) is 21.4. The van der Waals surface area contributed by atoms with Gasteiger partial charge in [0.25, 0.3) is 0 Å². The van der Waals surface area contributed by atoms with E-state index in [1.54, 1.807) is 34.8 Å². The Morgan fingerprint density at radius 1 is 1.16 bits per heavy atom. The molecule has 2 fully saturated rings. The van der Waals surface area contributed by atoms with Crippen molar-refractivity contribution in [2.24, 2.45) is 18.7 Å². The van der Waals surface area contributed by atoms with Crippen molar-refractivity contribution in [2.45, 2.75) is 44.1 Å². The Morgan fingerprint density at radius 2 is 1.87 bits per heavy atom. The molecule has 3 amide bonds. The molecular weight excluding hydrogens is 505 g/mol. The molecule has 3 unspecified atom stereocenters. The number of aromatic nitrogens is 3. The van der Waals surface area contributed by atoms with Crippen LogP contribution in [-0.4, -0.2) is 105 Å². The third kappa shape index (κ3) is 6.23. The minimum absolute atomic E-state index is 0.00881. The molecule has 3 N–H and O–H groups in total. The zero-order valence-corrected chi connectivity index (χ0v) is 21.4. The molecule has 38 heavy (non-hydrogen) atoms. The van der Waals surface area contributed by atoms with Gasteiger partial charge in [-0.25, -0.2) is 4.68 Å². The van der Waals surface area contributed by atoms with Crippen molar-refractivity contribution in [3.8, 4) is 0 Å². The smallest absolute Gasteiger partial charge is 0.350 e. The van der Waals surface area contributed by atoms with Gasteiger partial charge in [0, 0.05) is 52.7 Å². The van der Waals surface area contributed by atoms with Gasteiger partial charge in [-0.1, -0.05) is 11.3 Å². The number of carbonyl (C=O) groups is 3. The summed E-state index contributed by atoms with van der Waals surface area (Å²) in [6.07, 6.45) is -5.11. The van der Waals surface area contributed by atoms with Crippen molar-refractivity contribution < 1.29 is 27.6 Å². The number of aryl methyl sites for hydroxylation is 1. The SMILES string of the molecule is CN1CCN(C(=O)CCC(N)C(=O)N2CC(C(F)(F)F)CC2C(=O)NCc2ccc3c(c2)nnn3C)CC1. The number of likely N-dealkylation sites (tertiary alicyclic amines) is 1. The number of nitrogens with two attached hydrogens (primary N) is 1. The van der Waals surface area contributed by atoms with Crippen LogP contribution in [0.4, 0.5) is 13.2 Å². The average molecular weight is 539 g/mol. The fourth-order valence-corrected chi connectivity index (χ4v) is 4.90. The molecule has 2 saturated heterocycles. The number of hydrogen-bond acceptors (Lipinski definition) is 7. The van der Waals surface area contributed by atoms with E-state index in [4.69, 9.17) is 5.73 Å². The number of alkyl halides is 3. The van der Waals surface area contributed by atoms with Gasteiger partial charge in [0.05, 0.1) is 17.5 Å². The fourth-order valence-electron chi connectivity index (χ4n) is 4.90. The van der Waals surface area contributed by atoms with Crippen LogP contribution in [0.3, 0.4) is 0 Å². The topological polar surface area (TPSA) is 130 Å². The van der Waals surface area contributed by atoms with E-state index in [9.17, 15) is 27.6 Å². The second-order valence-electron chi connectivity index (χ2n) is 10.1. The maximum absolute atomic E-state index is 13.6. The highest BCUT2D eigenvalue weighted by molar-refractivity contribution is 5.91. The van der Waals surface area contributed by atoms with Crippen LogP contribution in [0, 0.1) is 5.92 Å². The van der Waals surface area contributed by atoms with Gasteiger partial charge >= 0.3 is 6.18 Å². The standard InChI is InChI=1S/C24H33F3N8O3/c1-32-7-9-34(10-8-32)21(36)6-4-17(28)23(38)35-14-16(24(25,26)27)12-20(35)22(37)29-13-15-3-5-19-18(11-15)30-31-33(19)2/h3,5,11,16-17,20H,4,6-10,12-14,28H2,1-2H3,(H,29,37). The number of fused-ring (bicyclic) bond motifs is 1. The van der Waals surface area contributed by atoms with Gasteiger partial charge < -0.3 is 25.8 Å². The lowest BCUT2D eigenvalue weighted by atomic mass is 10.0. The molecule has 208 valence electrons. The van der Waals surface area contributed by atoms with Gasteiger partial charge in [-0.2, -0.15) is 13.2 Å². The van der Waals surface area contributed by atoms with E-state index in [1.165, 1.54) is 0 Å². The second-order valence-corrected chi connectivity index (χ2v) is 10.1. The highest BCUT2D eigenvalue weighted by Gasteiger charge is 2.51. The summed E-state index contributed by atoms with van der Waals surface area (Å²) in [6.45, 7) is 2.03. The third-order valence-electron chi connectivity index (χ3n) is 7.33. The minimum Gasteiger partial charge on any atom is -0.350 e. The second kappa shape index (κ2) is 11.2. The number of benzene rings is 1. The van der Waals surface area contributed by atoms with Crippen LogP contribution in [-0.2, 0) is 28.0 Å². The van der Waals surface area contributed by atoms with E-state index in [0.29, 0.717) is 24.2 Å².